The molecule has 0 saturated heterocycles. The molecule has 0 bridgehead atoms. The first-order valence-electron chi connectivity index (χ1n) is 5.09. The van der Waals surface area contributed by atoms with E-state index in [2.05, 4.69) is 12.2 Å². The van der Waals surface area contributed by atoms with Crippen molar-refractivity contribution in [2.45, 2.75) is 38.8 Å². The van der Waals surface area contributed by atoms with Crippen LogP contribution in [0.15, 0.2) is 22.8 Å². The van der Waals surface area contributed by atoms with E-state index in [9.17, 15) is 5.11 Å². The van der Waals surface area contributed by atoms with Gasteiger partial charge in [0.05, 0.1) is 18.4 Å². The predicted octanol–water partition coefficient (Wildman–Crippen LogP) is 1.92. The number of aliphatic hydroxyl groups is 1. The summed E-state index contributed by atoms with van der Waals surface area (Å²) in [6, 6.07) is 3.78. The van der Waals surface area contributed by atoms with Gasteiger partial charge in [0.15, 0.2) is 0 Å². The van der Waals surface area contributed by atoms with E-state index in [1.807, 2.05) is 19.1 Å². The Morgan fingerprint density at radius 2 is 2.36 bits per heavy atom. The molecule has 2 N–H and O–H groups in total. The maximum absolute atomic E-state index is 9.85. The van der Waals surface area contributed by atoms with Gasteiger partial charge in [-0.2, -0.15) is 0 Å². The first-order valence-corrected chi connectivity index (χ1v) is 5.09. The lowest BCUT2D eigenvalue weighted by Crippen LogP contribution is -2.37. The molecule has 0 aromatic carbocycles. The van der Waals surface area contributed by atoms with E-state index >= 15 is 0 Å². The van der Waals surface area contributed by atoms with Crippen molar-refractivity contribution in [1.29, 1.82) is 0 Å². The second-order valence-electron chi connectivity index (χ2n) is 3.93. The molecule has 0 spiro atoms. The Morgan fingerprint density at radius 3 is 2.93 bits per heavy atom. The molecule has 14 heavy (non-hydrogen) atoms. The highest BCUT2D eigenvalue weighted by Crippen LogP contribution is 2.10. The SMILES string of the molecule is CCCC(C)(O)CNCc1ccco1. The maximum Gasteiger partial charge on any atom is 0.117 e. The second kappa shape index (κ2) is 5.17. The minimum absolute atomic E-state index is 0.599. The molecule has 0 aliphatic heterocycles. The molecule has 0 aliphatic rings. The van der Waals surface area contributed by atoms with Crippen molar-refractivity contribution < 1.29 is 9.52 Å². The standard InChI is InChI=1S/C11H19NO2/c1-3-6-11(2,13)9-12-8-10-5-4-7-14-10/h4-5,7,12-13H,3,6,8-9H2,1-2H3. The quantitative estimate of drug-likeness (QED) is 0.732. The summed E-state index contributed by atoms with van der Waals surface area (Å²) in [4.78, 5) is 0. The van der Waals surface area contributed by atoms with Crippen molar-refractivity contribution in [1.82, 2.24) is 5.32 Å². The number of hydrogen-bond donors (Lipinski definition) is 2. The fraction of sp³-hybridized carbons (Fsp3) is 0.636. The molecule has 0 fully saturated rings. The zero-order chi connectivity index (χ0) is 10.4. The molecule has 1 atom stereocenters. The Labute approximate surface area is 85.1 Å². The van der Waals surface area contributed by atoms with Gasteiger partial charge in [0.2, 0.25) is 0 Å². The number of nitrogens with one attached hydrogen (secondary N) is 1. The van der Waals surface area contributed by atoms with Gasteiger partial charge in [-0.3, -0.25) is 0 Å². The van der Waals surface area contributed by atoms with E-state index in [1.165, 1.54) is 0 Å². The topological polar surface area (TPSA) is 45.4 Å². The summed E-state index contributed by atoms with van der Waals surface area (Å²) in [6.45, 7) is 5.20. The van der Waals surface area contributed by atoms with Gasteiger partial charge in [-0.15, -0.1) is 0 Å². The minimum Gasteiger partial charge on any atom is -0.468 e. The molecule has 1 heterocycles. The third kappa shape index (κ3) is 3.94. The summed E-state index contributed by atoms with van der Waals surface area (Å²) in [5.74, 6) is 0.900. The highest BCUT2D eigenvalue weighted by molar-refractivity contribution is 4.97. The van der Waals surface area contributed by atoms with Crippen molar-refractivity contribution in [2.75, 3.05) is 6.54 Å². The van der Waals surface area contributed by atoms with Crippen LogP contribution in [0.3, 0.4) is 0 Å². The van der Waals surface area contributed by atoms with E-state index < -0.39 is 5.60 Å². The Hall–Kier alpha value is -0.800. The third-order valence-corrected chi connectivity index (χ3v) is 2.17. The molecule has 0 amide bonds. The van der Waals surface area contributed by atoms with Gasteiger partial charge in [0.25, 0.3) is 0 Å². The van der Waals surface area contributed by atoms with Crippen LogP contribution in [0.1, 0.15) is 32.4 Å². The lowest BCUT2D eigenvalue weighted by Gasteiger charge is -2.22. The molecule has 0 radical (unpaired) electrons. The van der Waals surface area contributed by atoms with Gasteiger partial charge >= 0.3 is 0 Å². The highest BCUT2D eigenvalue weighted by atomic mass is 16.3. The molecule has 1 aromatic rings. The average molecular weight is 197 g/mol. The number of hydrogen-bond acceptors (Lipinski definition) is 3. The molecule has 1 unspecified atom stereocenters. The summed E-state index contributed by atoms with van der Waals surface area (Å²) in [6.07, 6.45) is 3.47. The smallest absolute Gasteiger partial charge is 0.117 e. The van der Waals surface area contributed by atoms with Crippen molar-refractivity contribution in [2.24, 2.45) is 0 Å². The Bertz CT molecular complexity index is 242. The van der Waals surface area contributed by atoms with E-state index in [4.69, 9.17) is 4.42 Å². The molecule has 3 nitrogen and oxygen atoms in total. The molecule has 80 valence electrons. The Balaban J connectivity index is 2.20. The van der Waals surface area contributed by atoms with E-state index in [1.54, 1.807) is 6.26 Å². The molecule has 1 rings (SSSR count). The van der Waals surface area contributed by atoms with Gasteiger partial charge < -0.3 is 14.8 Å². The van der Waals surface area contributed by atoms with Gasteiger partial charge in [-0.25, -0.2) is 0 Å². The van der Waals surface area contributed by atoms with Crippen LogP contribution in [-0.4, -0.2) is 17.3 Å². The molecule has 0 aliphatic carbocycles. The molecule has 1 aromatic heterocycles. The lowest BCUT2D eigenvalue weighted by atomic mass is 10.0. The van der Waals surface area contributed by atoms with Crippen molar-refractivity contribution in [3.63, 3.8) is 0 Å². The largest absolute Gasteiger partial charge is 0.468 e. The van der Waals surface area contributed by atoms with Crippen LogP contribution >= 0.6 is 0 Å². The predicted molar refractivity (Wildman–Crippen MR) is 55.9 cm³/mol. The van der Waals surface area contributed by atoms with Crippen LogP contribution in [0.4, 0.5) is 0 Å². The van der Waals surface area contributed by atoms with E-state index in [0.29, 0.717) is 13.1 Å². The number of rotatable bonds is 6. The highest BCUT2D eigenvalue weighted by Gasteiger charge is 2.17. The normalized spacial score (nSPS) is 15.4. The van der Waals surface area contributed by atoms with Crippen molar-refractivity contribution >= 4 is 0 Å². The van der Waals surface area contributed by atoms with Crippen LogP contribution in [-0.2, 0) is 6.54 Å². The van der Waals surface area contributed by atoms with Gasteiger partial charge in [0, 0.05) is 6.54 Å². The van der Waals surface area contributed by atoms with Crippen LogP contribution < -0.4 is 5.32 Å². The molecular weight excluding hydrogens is 178 g/mol. The van der Waals surface area contributed by atoms with Crippen LogP contribution in [0.25, 0.3) is 0 Å². The van der Waals surface area contributed by atoms with Gasteiger partial charge in [-0.1, -0.05) is 13.3 Å². The van der Waals surface area contributed by atoms with E-state index in [-0.39, 0.29) is 0 Å². The monoisotopic (exact) mass is 197 g/mol. The zero-order valence-electron chi connectivity index (χ0n) is 8.92. The molecule has 3 heteroatoms. The average Bonchev–Trinajstić information content (AvgIpc) is 2.56. The summed E-state index contributed by atoms with van der Waals surface area (Å²) in [5, 5.41) is 13.0. The van der Waals surface area contributed by atoms with Crippen LogP contribution in [0.5, 0.6) is 0 Å². The minimum atomic E-state index is -0.610. The van der Waals surface area contributed by atoms with Crippen molar-refractivity contribution in [3.8, 4) is 0 Å². The first-order chi connectivity index (χ1) is 6.64. The van der Waals surface area contributed by atoms with Crippen molar-refractivity contribution in [3.05, 3.63) is 24.2 Å². The first kappa shape index (κ1) is 11.3. The molecular formula is C11H19NO2. The lowest BCUT2D eigenvalue weighted by molar-refractivity contribution is 0.0494. The Morgan fingerprint density at radius 1 is 1.57 bits per heavy atom. The van der Waals surface area contributed by atoms with E-state index in [0.717, 1.165) is 18.6 Å². The second-order valence-corrected chi connectivity index (χ2v) is 3.93. The molecule has 0 saturated carbocycles. The summed E-state index contributed by atoms with van der Waals surface area (Å²) < 4.78 is 5.16. The third-order valence-electron chi connectivity index (χ3n) is 2.17. The van der Waals surface area contributed by atoms with Crippen LogP contribution in [0, 0.1) is 0 Å². The van der Waals surface area contributed by atoms with Gasteiger partial charge in [0.1, 0.15) is 5.76 Å². The zero-order valence-corrected chi connectivity index (χ0v) is 8.92. The van der Waals surface area contributed by atoms with Gasteiger partial charge in [-0.05, 0) is 25.5 Å². The Kier molecular flexibility index (Phi) is 4.17. The summed E-state index contributed by atoms with van der Waals surface area (Å²) >= 11 is 0. The summed E-state index contributed by atoms with van der Waals surface area (Å²) in [7, 11) is 0. The summed E-state index contributed by atoms with van der Waals surface area (Å²) in [5.41, 5.74) is -0.610. The van der Waals surface area contributed by atoms with Crippen LogP contribution in [0.2, 0.25) is 0 Å². The maximum atomic E-state index is 9.85. The fourth-order valence-electron chi connectivity index (χ4n) is 1.50. The fourth-order valence-corrected chi connectivity index (χ4v) is 1.50. The number of furan rings is 1.